The number of nitrogens with one attached hydrogen (secondary N) is 1. The van der Waals surface area contributed by atoms with Gasteiger partial charge in [-0.25, -0.2) is 4.99 Å². The van der Waals surface area contributed by atoms with Crippen LogP contribution in [0.4, 0.5) is 0 Å². The Hall–Kier alpha value is -1.62. The largest absolute Gasteiger partial charge is 0.486 e. The van der Waals surface area contributed by atoms with Crippen molar-refractivity contribution >= 4 is 17.6 Å². The lowest BCUT2D eigenvalue weighted by Crippen LogP contribution is -2.38. The van der Waals surface area contributed by atoms with Crippen LogP contribution in [0.5, 0.6) is 11.5 Å². The minimum Gasteiger partial charge on any atom is -0.486 e. The summed E-state index contributed by atoms with van der Waals surface area (Å²) in [5, 5.41) is 3.66. The van der Waals surface area contributed by atoms with E-state index in [0.717, 1.165) is 12.0 Å². The normalized spacial score (nSPS) is 15.8. The SMILES string of the molecule is CCC(C)NC(N)=NCc1cc(Cl)c2c(c1)OCCO2. The lowest BCUT2D eigenvalue weighted by atomic mass is 10.2. The van der Waals surface area contributed by atoms with E-state index in [1.54, 1.807) is 0 Å². The zero-order valence-electron chi connectivity index (χ0n) is 11.8. The summed E-state index contributed by atoms with van der Waals surface area (Å²) in [6, 6.07) is 4.03. The summed E-state index contributed by atoms with van der Waals surface area (Å²) >= 11 is 6.17. The van der Waals surface area contributed by atoms with E-state index in [1.807, 2.05) is 12.1 Å². The van der Waals surface area contributed by atoms with Crippen molar-refractivity contribution in [3.05, 3.63) is 22.7 Å². The Labute approximate surface area is 124 Å². The second-order valence-corrected chi connectivity index (χ2v) is 5.16. The number of nitrogens with two attached hydrogens (primary N) is 1. The van der Waals surface area contributed by atoms with Crippen LogP contribution in [-0.4, -0.2) is 25.2 Å². The molecule has 0 aliphatic carbocycles. The molecule has 0 radical (unpaired) electrons. The number of benzene rings is 1. The third kappa shape index (κ3) is 3.70. The van der Waals surface area contributed by atoms with Crippen molar-refractivity contribution in [2.75, 3.05) is 13.2 Å². The van der Waals surface area contributed by atoms with E-state index in [9.17, 15) is 0 Å². The van der Waals surface area contributed by atoms with Gasteiger partial charge < -0.3 is 20.5 Å². The molecule has 1 unspecified atom stereocenters. The highest BCUT2D eigenvalue weighted by molar-refractivity contribution is 6.32. The maximum absolute atomic E-state index is 6.17. The maximum atomic E-state index is 6.17. The monoisotopic (exact) mass is 297 g/mol. The molecule has 0 aromatic heterocycles. The van der Waals surface area contributed by atoms with E-state index in [2.05, 4.69) is 24.2 Å². The van der Waals surface area contributed by atoms with Crippen LogP contribution in [0.2, 0.25) is 5.02 Å². The van der Waals surface area contributed by atoms with Gasteiger partial charge in [0.15, 0.2) is 17.5 Å². The molecular weight excluding hydrogens is 278 g/mol. The molecular formula is C14H20ClN3O2. The molecule has 0 amide bonds. The van der Waals surface area contributed by atoms with Crippen molar-refractivity contribution in [1.29, 1.82) is 0 Å². The standard InChI is InChI=1S/C14H20ClN3O2/c1-3-9(2)18-14(16)17-8-10-6-11(15)13-12(7-10)19-4-5-20-13/h6-7,9H,3-5,8H2,1-2H3,(H3,16,17,18). The van der Waals surface area contributed by atoms with Crippen molar-refractivity contribution in [3.8, 4) is 11.5 Å². The minimum absolute atomic E-state index is 0.308. The average molecular weight is 298 g/mol. The fourth-order valence-corrected chi connectivity index (χ4v) is 2.12. The van der Waals surface area contributed by atoms with Crippen LogP contribution in [-0.2, 0) is 6.54 Å². The van der Waals surface area contributed by atoms with E-state index in [-0.39, 0.29) is 0 Å². The molecule has 3 N–H and O–H groups in total. The predicted molar refractivity (Wildman–Crippen MR) is 80.7 cm³/mol. The first-order valence-corrected chi connectivity index (χ1v) is 7.12. The zero-order chi connectivity index (χ0) is 14.5. The summed E-state index contributed by atoms with van der Waals surface area (Å²) < 4.78 is 11.0. The summed E-state index contributed by atoms with van der Waals surface area (Å²) in [7, 11) is 0. The summed E-state index contributed by atoms with van der Waals surface area (Å²) in [5.41, 5.74) is 6.76. The van der Waals surface area contributed by atoms with E-state index in [1.165, 1.54) is 0 Å². The highest BCUT2D eigenvalue weighted by Crippen LogP contribution is 2.38. The average Bonchev–Trinajstić information content (AvgIpc) is 2.45. The Kier molecular flexibility index (Phi) is 4.95. The third-order valence-electron chi connectivity index (χ3n) is 3.10. The van der Waals surface area contributed by atoms with E-state index < -0.39 is 0 Å². The van der Waals surface area contributed by atoms with Crippen LogP contribution in [0.15, 0.2) is 17.1 Å². The number of rotatable bonds is 4. The second-order valence-electron chi connectivity index (χ2n) is 4.76. The number of fused-ring (bicyclic) bond motifs is 1. The predicted octanol–water partition coefficient (Wildman–Crippen LogP) is 2.31. The van der Waals surface area contributed by atoms with E-state index >= 15 is 0 Å². The molecule has 1 aliphatic heterocycles. The van der Waals surface area contributed by atoms with Crippen LogP contribution < -0.4 is 20.5 Å². The Morgan fingerprint density at radius 2 is 2.20 bits per heavy atom. The Morgan fingerprint density at radius 1 is 1.45 bits per heavy atom. The highest BCUT2D eigenvalue weighted by Gasteiger charge is 2.16. The number of halogens is 1. The lowest BCUT2D eigenvalue weighted by Gasteiger charge is -2.20. The first kappa shape index (κ1) is 14.8. The molecule has 1 aliphatic rings. The second kappa shape index (κ2) is 6.70. The van der Waals surface area contributed by atoms with Gasteiger partial charge in [0.25, 0.3) is 0 Å². The lowest BCUT2D eigenvalue weighted by molar-refractivity contribution is 0.171. The summed E-state index contributed by atoms with van der Waals surface area (Å²) in [6.07, 6.45) is 0.992. The molecule has 5 nitrogen and oxygen atoms in total. The van der Waals surface area contributed by atoms with Crippen molar-refractivity contribution in [2.24, 2.45) is 10.7 Å². The zero-order valence-corrected chi connectivity index (χ0v) is 12.5. The molecule has 1 heterocycles. The van der Waals surface area contributed by atoms with Crippen LogP contribution in [0.1, 0.15) is 25.8 Å². The number of aliphatic imine (C=N–C) groups is 1. The molecule has 20 heavy (non-hydrogen) atoms. The maximum Gasteiger partial charge on any atom is 0.189 e. The van der Waals surface area contributed by atoms with Gasteiger partial charge in [-0.05, 0) is 31.0 Å². The van der Waals surface area contributed by atoms with Crippen molar-refractivity contribution in [2.45, 2.75) is 32.9 Å². The van der Waals surface area contributed by atoms with Crippen LogP contribution in [0, 0.1) is 0 Å². The van der Waals surface area contributed by atoms with Gasteiger partial charge in [0.2, 0.25) is 0 Å². The fraction of sp³-hybridized carbons (Fsp3) is 0.500. The van der Waals surface area contributed by atoms with Gasteiger partial charge in [-0.1, -0.05) is 18.5 Å². The number of nitrogens with zero attached hydrogens (tertiary/aromatic N) is 1. The van der Waals surface area contributed by atoms with Crippen LogP contribution >= 0.6 is 11.6 Å². The molecule has 0 spiro atoms. The molecule has 0 saturated heterocycles. The minimum atomic E-state index is 0.308. The van der Waals surface area contributed by atoms with Crippen molar-refractivity contribution in [3.63, 3.8) is 0 Å². The number of guanidine groups is 1. The molecule has 1 aromatic rings. The Bertz CT molecular complexity index is 505. The molecule has 110 valence electrons. The summed E-state index contributed by atoms with van der Waals surface area (Å²) in [4.78, 5) is 4.30. The Morgan fingerprint density at radius 3 is 2.95 bits per heavy atom. The van der Waals surface area contributed by atoms with Crippen LogP contribution in [0.3, 0.4) is 0 Å². The number of hydrogen-bond donors (Lipinski definition) is 2. The fourth-order valence-electron chi connectivity index (χ4n) is 1.83. The van der Waals surface area contributed by atoms with E-state index in [0.29, 0.717) is 48.3 Å². The summed E-state index contributed by atoms with van der Waals surface area (Å²) in [5.74, 6) is 1.71. The summed E-state index contributed by atoms with van der Waals surface area (Å²) in [6.45, 7) is 5.66. The van der Waals surface area contributed by atoms with Gasteiger partial charge in [0.1, 0.15) is 13.2 Å². The van der Waals surface area contributed by atoms with E-state index in [4.69, 9.17) is 26.8 Å². The van der Waals surface area contributed by atoms with Crippen LogP contribution in [0.25, 0.3) is 0 Å². The highest BCUT2D eigenvalue weighted by atomic mass is 35.5. The smallest absolute Gasteiger partial charge is 0.189 e. The first-order chi connectivity index (χ1) is 9.60. The number of hydrogen-bond acceptors (Lipinski definition) is 3. The third-order valence-corrected chi connectivity index (χ3v) is 3.38. The van der Waals surface area contributed by atoms with Gasteiger partial charge in [-0.15, -0.1) is 0 Å². The van der Waals surface area contributed by atoms with Crippen molar-refractivity contribution < 1.29 is 9.47 Å². The Balaban J connectivity index is 2.06. The quantitative estimate of drug-likeness (QED) is 0.661. The molecule has 2 rings (SSSR count). The topological polar surface area (TPSA) is 68.9 Å². The van der Waals surface area contributed by atoms with Crippen molar-refractivity contribution in [1.82, 2.24) is 5.32 Å². The molecule has 0 bridgehead atoms. The molecule has 6 heteroatoms. The first-order valence-electron chi connectivity index (χ1n) is 6.74. The van der Waals surface area contributed by atoms with Gasteiger partial charge >= 0.3 is 0 Å². The van der Waals surface area contributed by atoms with Gasteiger partial charge in [-0.2, -0.15) is 0 Å². The van der Waals surface area contributed by atoms with Gasteiger partial charge in [0, 0.05) is 6.04 Å². The van der Waals surface area contributed by atoms with Gasteiger partial charge in [-0.3, -0.25) is 0 Å². The molecule has 1 atom stereocenters. The van der Waals surface area contributed by atoms with Gasteiger partial charge in [0.05, 0.1) is 11.6 Å². The molecule has 0 saturated carbocycles. The molecule has 0 fully saturated rings. The number of ether oxygens (including phenoxy) is 2. The molecule has 1 aromatic carbocycles.